The molecule has 1 N–H and O–H groups in total. The number of nitrogens with one attached hydrogen (secondary N) is 1. The molecule has 0 bridgehead atoms. The number of H-pyrrole nitrogens is 1. The van der Waals surface area contributed by atoms with Gasteiger partial charge in [-0.3, -0.25) is 9.59 Å². The Morgan fingerprint density at radius 1 is 1.24 bits per heavy atom. The van der Waals surface area contributed by atoms with Gasteiger partial charge in [0.25, 0.3) is 5.56 Å². The number of ether oxygens (including phenoxy) is 2. The van der Waals surface area contributed by atoms with Gasteiger partial charge in [0.15, 0.2) is 0 Å². The summed E-state index contributed by atoms with van der Waals surface area (Å²) >= 11 is 1.61. The van der Waals surface area contributed by atoms with Gasteiger partial charge >= 0.3 is 5.97 Å². The predicted molar refractivity (Wildman–Crippen MR) is 113 cm³/mol. The van der Waals surface area contributed by atoms with Crippen LogP contribution in [0.1, 0.15) is 48.0 Å². The van der Waals surface area contributed by atoms with Crippen molar-refractivity contribution in [1.82, 2.24) is 9.97 Å². The second-order valence-corrected chi connectivity index (χ2v) is 8.19. The second kappa shape index (κ2) is 8.78. The number of aromatic amines is 1. The molecule has 0 radical (unpaired) electrons. The molecular formula is C22H24N2O4S. The Hall–Kier alpha value is -2.67. The lowest BCUT2D eigenvalue weighted by Gasteiger charge is -2.10. The molecule has 29 heavy (non-hydrogen) atoms. The first-order valence-corrected chi connectivity index (χ1v) is 10.9. The summed E-state index contributed by atoms with van der Waals surface area (Å²) in [5.74, 6) is 0.929. The number of para-hydroxylation sites is 1. The Kier molecular flexibility index (Phi) is 5.94. The van der Waals surface area contributed by atoms with Crippen LogP contribution in [0.3, 0.4) is 0 Å². The average Bonchev–Trinajstić information content (AvgIpc) is 3.10. The van der Waals surface area contributed by atoms with Crippen LogP contribution in [0, 0.1) is 0 Å². The van der Waals surface area contributed by atoms with Gasteiger partial charge in [0.2, 0.25) is 0 Å². The average molecular weight is 413 g/mol. The molecular weight excluding hydrogens is 388 g/mol. The van der Waals surface area contributed by atoms with E-state index in [1.165, 1.54) is 16.9 Å². The van der Waals surface area contributed by atoms with Gasteiger partial charge in [-0.15, -0.1) is 11.3 Å². The molecule has 152 valence electrons. The molecule has 1 aromatic carbocycles. The summed E-state index contributed by atoms with van der Waals surface area (Å²) < 4.78 is 10.9. The summed E-state index contributed by atoms with van der Waals surface area (Å²) in [6.45, 7) is 2.63. The molecule has 3 aromatic rings. The highest BCUT2D eigenvalue weighted by atomic mass is 32.1. The van der Waals surface area contributed by atoms with Gasteiger partial charge in [-0.25, -0.2) is 4.98 Å². The summed E-state index contributed by atoms with van der Waals surface area (Å²) in [6, 6.07) is 7.51. The smallest absolute Gasteiger partial charge is 0.306 e. The van der Waals surface area contributed by atoms with Gasteiger partial charge < -0.3 is 14.5 Å². The molecule has 6 nitrogen and oxygen atoms in total. The summed E-state index contributed by atoms with van der Waals surface area (Å²) in [7, 11) is 0. The quantitative estimate of drug-likeness (QED) is 0.595. The van der Waals surface area contributed by atoms with Gasteiger partial charge in [-0.2, -0.15) is 0 Å². The highest BCUT2D eigenvalue weighted by Crippen LogP contribution is 2.33. The highest BCUT2D eigenvalue weighted by molar-refractivity contribution is 7.18. The molecule has 0 saturated heterocycles. The van der Waals surface area contributed by atoms with E-state index in [0.717, 1.165) is 40.8 Å². The largest absolute Gasteiger partial charge is 0.493 e. The molecule has 0 fully saturated rings. The minimum atomic E-state index is -0.329. The topological polar surface area (TPSA) is 81.3 Å². The minimum absolute atomic E-state index is 0.0941. The van der Waals surface area contributed by atoms with E-state index in [2.05, 4.69) is 9.97 Å². The lowest BCUT2D eigenvalue weighted by Crippen LogP contribution is -2.14. The first-order chi connectivity index (χ1) is 14.2. The van der Waals surface area contributed by atoms with Crippen LogP contribution < -0.4 is 10.3 Å². The number of esters is 1. The van der Waals surface area contributed by atoms with Gasteiger partial charge in [0, 0.05) is 16.9 Å². The number of fused-ring (bicyclic) bond motifs is 3. The predicted octanol–water partition coefficient (Wildman–Crippen LogP) is 3.94. The molecule has 0 amide bonds. The van der Waals surface area contributed by atoms with Crippen LogP contribution in [0.4, 0.5) is 0 Å². The molecule has 1 aliphatic carbocycles. The lowest BCUT2D eigenvalue weighted by atomic mass is 9.97. The van der Waals surface area contributed by atoms with Crippen molar-refractivity contribution in [3.8, 4) is 5.75 Å². The molecule has 4 rings (SSSR count). The van der Waals surface area contributed by atoms with E-state index in [9.17, 15) is 9.59 Å². The first-order valence-electron chi connectivity index (χ1n) is 10.1. The first kappa shape index (κ1) is 19.6. The number of nitrogens with zero attached hydrogens (tertiary/aromatic N) is 1. The van der Waals surface area contributed by atoms with Gasteiger partial charge in [-0.05, 0) is 44.2 Å². The second-order valence-electron chi connectivity index (χ2n) is 7.11. The number of benzene rings is 1. The van der Waals surface area contributed by atoms with Crippen molar-refractivity contribution in [3.05, 3.63) is 56.4 Å². The Morgan fingerprint density at radius 2 is 2.07 bits per heavy atom. The maximum absolute atomic E-state index is 12.6. The van der Waals surface area contributed by atoms with E-state index in [0.29, 0.717) is 18.9 Å². The maximum atomic E-state index is 12.6. The molecule has 0 saturated carbocycles. The highest BCUT2D eigenvalue weighted by Gasteiger charge is 2.20. The van der Waals surface area contributed by atoms with Crippen LogP contribution in [-0.4, -0.2) is 22.5 Å². The van der Waals surface area contributed by atoms with E-state index in [4.69, 9.17) is 9.47 Å². The number of aryl methyl sites for hydroxylation is 3. The Morgan fingerprint density at radius 3 is 2.93 bits per heavy atom. The number of hydrogen-bond donors (Lipinski definition) is 1. The molecule has 0 aliphatic heterocycles. The van der Waals surface area contributed by atoms with Crippen LogP contribution in [0.2, 0.25) is 0 Å². The zero-order chi connectivity index (χ0) is 20.2. The Labute approximate surface area is 172 Å². The fourth-order valence-corrected chi connectivity index (χ4v) is 4.98. The Bertz CT molecular complexity index is 1090. The summed E-state index contributed by atoms with van der Waals surface area (Å²) in [6.07, 6.45) is 4.78. The molecule has 2 heterocycles. The summed E-state index contributed by atoms with van der Waals surface area (Å²) in [5.41, 5.74) is 1.91. The molecule has 0 spiro atoms. The summed E-state index contributed by atoms with van der Waals surface area (Å²) in [4.78, 5) is 34.3. The number of thiophene rings is 1. The Balaban J connectivity index is 1.39. The van der Waals surface area contributed by atoms with Crippen molar-refractivity contribution in [2.45, 2.75) is 52.1 Å². The number of hydrogen-bond acceptors (Lipinski definition) is 6. The van der Waals surface area contributed by atoms with Crippen molar-refractivity contribution in [3.63, 3.8) is 0 Å². The summed E-state index contributed by atoms with van der Waals surface area (Å²) in [5, 5.41) is 0.739. The standard InChI is InChI=1S/C22H24N2O4S/c1-2-27-16-9-5-3-7-14(16)13-28-19(25)12-11-18-23-21(26)20-15-8-4-6-10-17(15)29-22(20)24-18/h3,5,7,9H,2,4,6,8,10-13H2,1H3,(H,23,24,26). The molecule has 0 unspecified atom stereocenters. The van der Waals surface area contributed by atoms with Crippen LogP contribution in [0.25, 0.3) is 10.2 Å². The lowest BCUT2D eigenvalue weighted by molar-refractivity contribution is -0.144. The van der Waals surface area contributed by atoms with Crippen LogP contribution >= 0.6 is 11.3 Å². The molecule has 2 aromatic heterocycles. The van der Waals surface area contributed by atoms with E-state index >= 15 is 0 Å². The zero-order valence-corrected chi connectivity index (χ0v) is 17.3. The van der Waals surface area contributed by atoms with Gasteiger partial charge in [0.05, 0.1) is 18.4 Å². The van der Waals surface area contributed by atoms with Crippen LogP contribution in [-0.2, 0) is 35.4 Å². The molecule has 7 heteroatoms. The normalized spacial score (nSPS) is 13.3. The van der Waals surface area contributed by atoms with Crippen LogP contribution in [0.15, 0.2) is 29.1 Å². The van der Waals surface area contributed by atoms with Crippen molar-refractivity contribution in [2.24, 2.45) is 0 Å². The SMILES string of the molecule is CCOc1ccccc1COC(=O)CCc1nc2sc3c(c2c(=O)[nH]1)CCCC3. The van der Waals surface area contributed by atoms with E-state index < -0.39 is 0 Å². The van der Waals surface area contributed by atoms with Gasteiger partial charge in [0.1, 0.15) is 23.0 Å². The molecule has 0 atom stereocenters. The third-order valence-electron chi connectivity index (χ3n) is 5.10. The number of carbonyl (C=O) groups is 1. The third-order valence-corrected chi connectivity index (χ3v) is 6.29. The van der Waals surface area contributed by atoms with Crippen molar-refractivity contribution >= 4 is 27.5 Å². The monoisotopic (exact) mass is 412 g/mol. The van der Waals surface area contributed by atoms with Crippen LogP contribution in [0.5, 0.6) is 5.75 Å². The van der Waals surface area contributed by atoms with Gasteiger partial charge in [-0.1, -0.05) is 18.2 Å². The maximum Gasteiger partial charge on any atom is 0.306 e. The third kappa shape index (κ3) is 4.34. The zero-order valence-electron chi connectivity index (χ0n) is 16.5. The number of rotatable bonds is 7. The van der Waals surface area contributed by atoms with E-state index in [1.807, 2.05) is 31.2 Å². The minimum Gasteiger partial charge on any atom is -0.493 e. The van der Waals surface area contributed by atoms with Crippen molar-refractivity contribution in [1.29, 1.82) is 0 Å². The fraction of sp³-hybridized carbons (Fsp3) is 0.409. The number of aromatic nitrogens is 2. The van der Waals surface area contributed by atoms with Crippen molar-refractivity contribution in [2.75, 3.05) is 6.61 Å². The van der Waals surface area contributed by atoms with E-state index in [-0.39, 0.29) is 24.6 Å². The fourth-order valence-electron chi connectivity index (χ4n) is 3.70. The molecule has 1 aliphatic rings. The van der Waals surface area contributed by atoms with E-state index in [1.54, 1.807) is 11.3 Å². The number of carbonyl (C=O) groups excluding carboxylic acids is 1. The van der Waals surface area contributed by atoms with Crippen molar-refractivity contribution < 1.29 is 14.3 Å².